The van der Waals surface area contributed by atoms with Crippen LogP contribution >= 0.6 is 0 Å². The van der Waals surface area contributed by atoms with Crippen molar-refractivity contribution in [2.24, 2.45) is 5.92 Å². The Bertz CT molecular complexity index is 614. The molecule has 1 aromatic heterocycles. The quantitative estimate of drug-likeness (QED) is 0.805. The van der Waals surface area contributed by atoms with Gasteiger partial charge in [0.1, 0.15) is 0 Å². The Morgan fingerprint density at radius 3 is 2.90 bits per heavy atom. The second kappa shape index (κ2) is 5.88. The number of anilines is 1. The average Bonchev–Trinajstić information content (AvgIpc) is 2.85. The standard InChI is InChI=1S/C13H16N6O2/c20-12(21)10-8-14-6-7-18(9-10)13-15-16-17-19(13)11-4-2-1-3-5-11/h1-5,10,14H,6-9H2,(H,20,21)/t10-/m0/s1. The number of hydrogen-bond acceptors (Lipinski definition) is 6. The molecule has 1 aromatic carbocycles. The van der Waals surface area contributed by atoms with E-state index in [9.17, 15) is 9.90 Å². The monoisotopic (exact) mass is 288 g/mol. The van der Waals surface area contributed by atoms with E-state index in [0.29, 0.717) is 32.1 Å². The fraction of sp³-hybridized carbons (Fsp3) is 0.385. The highest BCUT2D eigenvalue weighted by atomic mass is 16.4. The van der Waals surface area contributed by atoms with Crippen LogP contribution in [0.5, 0.6) is 0 Å². The van der Waals surface area contributed by atoms with Crippen LogP contribution in [0.15, 0.2) is 30.3 Å². The zero-order chi connectivity index (χ0) is 14.7. The highest BCUT2D eigenvalue weighted by molar-refractivity contribution is 5.71. The lowest BCUT2D eigenvalue weighted by molar-refractivity contribution is -0.141. The molecule has 1 aliphatic heterocycles. The van der Waals surface area contributed by atoms with E-state index in [1.807, 2.05) is 35.2 Å². The molecule has 8 heteroatoms. The highest BCUT2D eigenvalue weighted by Crippen LogP contribution is 2.17. The van der Waals surface area contributed by atoms with Crippen molar-refractivity contribution in [3.63, 3.8) is 0 Å². The molecule has 0 unspecified atom stereocenters. The van der Waals surface area contributed by atoms with Crippen LogP contribution in [0.4, 0.5) is 5.95 Å². The van der Waals surface area contributed by atoms with Crippen molar-refractivity contribution in [2.75, 3.05) is 31.1 Å². The van der Waals surface area contributed by atoms with Gasteiger partial charge in [-0.2, -0.15) is 4.68 Å². The first-order valence-corrected chi connectivity index (χ1v) is 6.78. The van der Waals surface area contributed by atoms with Crippen LogP contribution in [0, 0.1) is 5.92 Å². The lowest BCUT2D eigenvalue weighted by Crippen LogP contribution is -2.35. The summed E-state index contributed by atoms with van der Waals surface area (Å²) in [6.07, 6.45) is 0. The summed E-state index contributed by atoms with van der Waals surface area (Å²) in [4.78, 5) is 13.2. The van der Waals surface area contributed by atoms with Gasteiger partial charge < -0.3 is 15.3 Å². The van der Waals surface area contributed by atoms with Gasteiger partial charge in [0.15, 0.2) is 0 Å². The first-order valence-electron chi connectivity index (χ1n) is 6.78. The molecule has 1 fully saturated rings. The van der Waals surface area contributed by atoms with Gasteiger partial charge in [-0.1, -0.05) is 23.3 Å². The number of carboxylic acid groups (broad SMARTS) is 1. The molecule has 1 saturated heterocycles. The Morgan fingerprint density at radius 2 is 2.14 bits per heavy atom. The van der Waals surface area contributed by atoms with Crippen LogP contribution in [0.1, 0.15) is 0 Å². The Labute approximate surface area is 121 Å². The largest absolute Gasteiger partial charge is 0.481 e. The van der Waals surface area contributed by atoms with Gasteiger partial charge >= 0.3 is 5.97 Å². The third-order valence-electron chi connectivity index (χ3n) is 3.48. The van der Waals surface area contributed by atoms with Crippen LogP contribution in [-0.2, 0) is 4.79 Å². The van der Waals surface area contributed by atoms with Crippen molar-refractivity contribution in [1.82, 2.24) is 25.5 Å². The average molecular weight is 288 g/mol. The summed E-state index contributed by atoms with van der Waals surface area (Å²) in [6, 6.07) is 9.55. The summed E-state index contributed by atoms with van der Waals surface area (Å²) in [6.45, 7) is 2.21. The molecule has 1 aliphatic rings. The zero-order valence-corrected chi connectivity index (χ0v) is 11.4. The fourth-order valence-electron chi connectivity index (χ4n) is 2.38. The summed E-state index contributed by atoms with van der Waals surface area (Å²) < 4.78 is 1.63. The first-order chi connectivity index (χ1) is 10.3. The lowest BCUT2D eigenvalue weighted by Gasteiger charge is -2.22. The highest BCUT2D eigenvalue weighted by Gasteiger charge is 2.26. The summed E-state index contributed by atoms with van der Waals surface area (Å²) in [7, 11) is 0. The molecule has 3 rings (SSSR count). The van der Waals surface area contributed by atoms with Gasteiger partial charge in [0, 0.05) is 26.2 Å². The van der Waals surface area contributed by atoms with Gasteiger partial charge in [-0.05, 0) is 22.6 Å². The number of nitrogens with one attached hydrogen (secondary N) is 1. The third-order valence-corrected chi connectivity index (χ3v) is 3.48. The van der Waals surface area contributed by atoms with Crippen molar-refractivity contribution in [3.8, 4) is 5.69 Å². The number of nitrogens with zero attached hydrogens (tertiary/aromatic N) is 5. The van der Waals surface area contributed by atoms with E-state index < -0.39 is 11.9 Å². The number of benzene rings is 1. The van der Waals surface area contributed by atoms with E-state index in [2.05, 4.69) is 20.8 Å². The van der Waals surface area contributed by atoms with Crippen molar-refractivity contribution < 1.29 is 9.90 Å². The number of hydrogen-bond donors (Lipinski definition) is 2. The van der Waals surface area contributed by atoms with Crippen molar-refractivity contribution in [3.05, 3.63) is 30.3 Å². The molecule has 1 atom stereocenters. The normalized spacial score (nSPS) is 19.2. The SMILES string of the molecule is O=C(O)[C@H]1CNCCN(c2nnnn2-c2ccccc2)C1. The lowest BCUT2D eigenvalue weighted by atomic mass is 10.1. The number of para-hydroxylation sites is 1. The maximum atomic E-state index is 11.3. The molecule has 2 aromatic rings. The molecule has 0 aliphatic carbocycles. The van der Waals surface area contributed by atoms with E-state index in [1.54, 1.807) is 4.68 Å². The summed E-state index contributed by atoms with van der Waals surface area (Å²) in [5.41, 5.74) is 0.849. The molecule has 21 heavy (non-hydrogen) atoms. The molecule has 0 spiro atoms. The minimum absolute atomic E-state index is 0.384. The Balaban J connectivity index is 1.90. The van der Waals surface area contributed by atoms with E-state index >= 15 is 0 Å². The second-order valence-electron chi connectivity index (χ2n) is 4.91. The van der Waals surface area contributed by atoms with Gasteiger partial charge in [-0.25, -0.2) is 0 Å². The van der Waals surface area contributed by atoms with Crippen LogP contribution in [0.25, 0.3) is 5.69 Å². The predicted octanol–water partition coefficient (Wildman–Crippen LogP) is -0.227. The Morgan fingerprint density at radius 1 is 1.33 bits per heavy atom. The topological polar surface area (TPSA) is 96.2 Å². The first kappa shape index (κ1) is 13.5. The Hall–Kier alpha value is -2.48. The maximum Gasteiger partial charge on any atom is 0.309 e. The molecular weight excluding hydrogens is 272 g/mol. The zero-order valence-electron chi connectivity index (χ0n) is 11.4. The molecule has 0 saturated carbocycles. The fourth-order valence-corrected chi connectivity index (χ4v) is 2.38. The minimum atomic E-state index is -0.812. The van der Waals surface area contributed by atoms with Gasteiger partial charge in [0.25, 0.3) is 0 Å². The van der Waals surface area contributed by atoms with Crippen molar-refractivity contribution in [2.45, 2.75) is 0 Å². The smallest absolute Gasteiger partial charge is 0.309 e. The van der Waals surface area contributed by atoms with Gasteiger partial charge in [0.2, 0.25) is 5.95 Å². The van der Waals surface area contributed by atoms with Crippen LogP contribution in [0.3, 0.4) is 0 Å². The number of carboxylic acids is 1. The maximum absolute atomic E-state index is 11.3. The van der Waals surface area contributed by atoms with Crippen LogP contribution < -0.4 is 10.2 Å². The predicted molar refractivity (Wildman–Crippen MR) is 75.4 cm³/mol. The van der Waals surface area contributed by atoms with Gasteiger partial charge in [-0.15, -0.1) is 0 Å². The molecule has 0 bridgehead atoms. The molecular formula is C13H16N6O2. The van der Waals surface area contributed by atoms with Gasteiger partial charge in [0.05, 0.1) is 11.6 Å². The number of carbonyl (C=O) groups is 1. The number of tetrazole rings is 1. The van der Waals surface area contributed by atoms with Gasteiger partial charge in [-0.3, -0.25) is 4.79 Å². The van der Waals surface area contributed by atoms with E-state index in [-0.39, 0.29) is 0 Å². The van der Waals surface area contributed by atoms with Crippen molar-refractivity contribution in [1.29, 1.82) is 0 Å². The minimum Gasteiger partial charge on any atom is -0.481 e. The molecule has 2 heterocycles. The molecule has 8 nitrogen and oxygen atoms in total. The molecule has 2 N–H and O–H groups in total. The molecule has 0 radical (unpaired) electrons. The number of aliphatic carboxylic acids is 1. The summed E-state index contributed by atoms with van der Waals surface area (Å²) in [5, 5.41) is 24.2. The van der Waals surface area contributed by atoms with Crippen LogP contribution in [-0.4, -0.2) is 57.5 Å². The Kier molecular flexibility index (Phi) is 3.78. The van der Waals surface area contributed by atoms with E-state index in [4.69, 9.17) is 0 Å². The summed E-state index contributed by atoms with van der Waals surface area (Å²) in [5.74, 6) is -0.724. The molecule has 0 amide bonds. The third kappa shape index (κ3) is 2.84. The number of rotatable bonds is 3. The van der Waals surface area contributed by atoms with Crippen LogP contribution in [0.2, 0.25) is 0 Å². The summed E-state index contributed by atoms with van der Waals surface area (Å²) >= 11 is 0. The number of aromatic nitrogens is 4. The van der Waals surface area contributed by atoms with E-state index in [0.717, 1.165) is 5.69 Å². The van der Waals surface area contributed by atoms with E-state index in [1.165, 1.54) is 0 Å². The van der Waals surface area contributed by atoms with Crippen molar-refractivity contribution >= 4 is 11.9 Å². The molecule has 110 valence electrons. The second-order valence-corrected chi connectivity index (χ2v) is 4.91.